The Morgan fingerprint density at radius 2 is 1.62 bits per heavy atom. The summed E-state index contributed by atoms with van der Waals surface area (Å²) in [7, 11) is -3.49. The summed E-state index contributed by atoms with van der Waals surface area (Å²) in [6.45, 7) is 4.98. The number of pyridine rings is 1. The molecule has 0 amide bonds. The van der Waals surface area contributed by atoms with Gasteiger partial charge in [0.1, 0.15) is 11.3 Å². The van der Waals surface area contributed by atoms with E-state index in [1.165, 1.54) is 5.56 Å². The molecule has 0 saturated carbocycles. The number of para-hydroxylation sites is 1. The second-order valence-electron chi connectivity index (χ2n) is 8.62. The number of rotatable bonds is 7. The Labute approximate surface area is 200 Å². The van der Waals surface area contributed by atoms with Crippen molar-refractivity contribution in [3.05, 3.63) is 84.3 Å². The van der Waals surface area contributed by atoms with Gasteiger partial charge >= 0.3 is 0 Å². The van der Waals surface area contributed by atoms with Crippen LogP contribution in [0.3, 0.4) is 0 Å². The normalized spacial score (nSPS) is 15.7. The van der Waals surface area contributed by atoms with Crippen molar-refractivity contribution >= 4 is 21.2 Å². The molecule has 8 heteroatoms. The van der Waals surface area contributed by atoms with Gasteiger partial charge in [-0.2, -0.15) is 4.31 Å². The van der Waals surface area contributed by atoms with Crippen molar-refractivity contribution in [3.63, 3.8) is 0 Å². The van der Waals surface area contributed by atoms with E-state index in [1.54, 1.807) is 22.6 Å². The number of nitrogens with zero attached hydrogens (tertiary/aromatic N) is 5. The van der Waals surface area contributed by atoms with Gasteiger partial charge in [-0.15, -0.1) is 0 Å². The molecule has 176 valence electrons. The van der Waals surface area contributed by atoms with E-state index in [4.69, 9.17) is 4.98 Å². The van der Waals surface area contributed by atoms with Crippen molar-refractivity contribution in [1.82, 2.24) is 23.7 Å². The molecule has 2 aromatic carbocycles. The fourth-order valence-corrected chi connectivity index (χ4v) is 5.93. The SMILES string of the molecule is CCCc1ccc(S(=O)(=O)N2CCN(Cc3nc4cccnc4n3-c3ccccc3)CC2)cc1. The number of imidazole rings is 1. The molecule has 1 fully saturated rings. The molecule has 1 aliphatic rings. The topological polar surface area (TPSA) is 71.3 Å². The van der Waals surface area contributed by atoms with Gasteiger partial charge in [-0.05, 0) is 48.4 Å². The summed E-state index contributed by atoms with van der Waals surface area (Å²) in [5.74, 6) is 0.905. The van der Waals surface area contributed by atoms with Crippen LogP contribution in [-0.2, 0) is 23.0 Å². The highest BCUT2D eigenvalue weighted by Crippen LogP contribution is 2.23. The van der Waals surface area contributed by atoms with E-state index < -0.39 is 10.0 Å². The Balaban J connectivity index is 1.32. The van der Waals surface area contributed by atoms with Crippen LogP contribution in [0.2, 0.25) is 0 Å². The summed E-state index contributed by atoms with van der Waals surface area (Å²) in [5.41, 5.74) is 3.87. The molecule has 5 rings (SSSR count). The minimum Gasteiger partial charge on any atom is -0.293 e. The highest BCUT2D eigenvalue weighted by molar-refractivity contribution is 7.89. The summed E-state index contributed by atoms with van der Waals surface area (Å²) in [6, 6.07) is 21.3. The number of aryl methyl sites for hydroxylation is 1. The van der Waals surface area contributed by atoms with Crippen molar-refractivity contribution < 1.29 is 8.42 Å². The van der Waals surface area contributed by atoms with Gasteiger partial charge in [0.15, 0.2) is 5.65 Å². The zero-order chi connectivity index (χ0) is 23.5. The Morgan fingerprint density at radius 1 is 0.882 bits per heavy atom. The first-order chi connectivity index (χ1) is 16.6. The maximum Gasteiger partial charge on any atom is 0.243 e. The second kappa shape index (κ2) is 9.66. The number of aromatic nitrogens is 3. The number of hydrogen-bond donors (Lipinski definition) is 0. The average Bonchev–Trinajstić information content (AvgIpc) is 3.23. The lowest BCUT2D eigenvalue weighted by molar-refractivity contribution is 0.177. The van der Waals surface area contributed by atoms with Crippen LogP contribution in [0.1, 0.15) is 24.7 Å². The van der Waals surface area contributed by atoms with Gasteiger partial charge in [0, 0.05) is 38.1 Å². The van der Waals surface area contributed by atoms with Crippen LogP contribution < -0.4 is 0 Å². The number of fused-ring (bicyclic) bond motifs is 1. The molecule has 1 saturated heterocycles. The first-order valence-electron chi connectivity index (χ1n) is 11.8. The average molecular weight is 476 g/mol. The van der Waals surface area contributed by atoms with Gasteiger partial charge in [0.25, 0.3) is 0 Å². The van der Waals surface area contributed by atoms with Gasteiger partial charge in [0.2, 0.25) is 10.0 Å². The Kier molecular flexibility index (Phi) is 6.45. The lowest BCUT2D eigenvalue weighted by Crippen LogP contribution is -2.48. The Morgan fingerprint density at radius 3 is 2.32 bits per heavy atom. The fraction of sp³-hybridized carbons (Fsp3) is 0.308. The van der Waals surface area contributed by atoms with E-state index in [2.05, 4.69) is 33.5 Å². The van der Waals surface area contributed by atoms with Crippen LogP contribution in [0.25, 0.3) is 16.9 Å². The van der Waals surface area contributed by atoms with Crippen LogP contribution >= 0.6 is 0 Å². The van der Waals surface area contributed by atoms with E-state index in [-0.39, 0.29) is 0 Å². The van der Waals surface area contributed by atoms with E-state index >= 15 is 0 Å². The van der Waals surface area contributed by atoms with Crippen LogP contribution in [0.4, 0.5) is 0 Å². The number of piperazine rings is 1. The summed E-state index contributed by atoms with van der Waals surface area (Å²) < 4.78 is 30.0. The third-order valence-corrected chi connectivity index (χ3v) is 8.21. The molecule has 34 heavy (non-hydrogen) atoms. The van der Waals surface area contributed by atoms with Crippen molar-refractivity contribution in [2.24, 2.45) is 0 Å². The maximum atomic E-state index is 13.2. The lowest BCUT2D eigenvalue weighted by Gasteiger charge is -2.33. The third kappa shape index (κ3) is 4.49. The molecule has 0 atom stereocenters. The van der Waals surface area contributed by atoms with Crippen molar-refractivity contribution in [3.8, 4) is 5.69 Å². The highest BCUT2D eigenvalue weighted by Gasteiger charge is 2.29. The second-order valence-corrected chi connectivity index (χ2v) is 10.6. The molecule has 0 spiro atoms. The smallest absolute Gasteiger partial charge is 0.243 e. The first-order valence-corrected chi connectivity index (χ1v) is 13.2. The Bertz CT molecular complexity index is 1360. The molecular formula is C26H29N5O2S. The molecule has 4 aromatic rings. The molecule has 0 bridgehead atoms. The summed E-state index contributed by atoms with van der Waals surface area (Å²) in [4.78, 5) is 12.0. The number of hydrogen-bond acceptors (Lipinski definition) is 5. The van der Waals surface area contributed by atoms with E-state index in [0.717, 1.165) is 35.5 Å². The molecule has 7 nitrogen and oxygen atoms in total. The molecule has 3 heterocycles. The largest absolute Gasteiger partial charge is 0.293 e. The molecule has 2 aromatic heterocycles. The molecule has 1 aliphatic heterocycles. The lowest BCUT2D eigenvalue weighted by atomic mass is 10.1. The van der Waals surface area contributed by atoms with Crippen molar-refractivity contribution in [2.75, 3.05) is 26.2 Å². The van der Waals surface area contributed by atoms with Crippen LogP contribution in [-0.4, -0.2) is 58.3 Å². The molecule has 0 N–H and O–H groups in total. The highest BCUT2D eigenvalue weighted by atomic mass is 32.2. The van der Waals surface area contributed by atoms with Gasteiger partial charge in [0.05, 0.1) is 11.4 Å². The molecule has 0 unspecified atom stereocenters. The number of sulfonamides is 1. The number of benzene rings is 2. The van der Waals surface area contributed by atoms with Gasteiger partial charge in [-0.25, -0.2) is 18.4 Å². The van der Waals surface area contributed by atoms with Crippen LogP contribution in [0.5, 0.6) is 0 Å². The minimum absolute atomic E-state index is 0.373. The predicted molar refractivity (Wildman–Crippen MR) is 133 cm³/mol. The standard InChI is InChI=1S/C26H29N5O2S/c1-2-7-21-11-13-23(14-12-21)34(32,33)30-18-16-29(17-19-30)20-25-28-24-10-6-15-27-26(24)31(25)22-8-4-3-5-9-22/h3-6,8-15H,2,7,16-20H2,1H3. The van der Waals surface area contributed by atoms with E-state index in [0.29, 0.717) is 37.6 Å². The van der Waals surface area contributed by atoms with E-state index in [9.17, 15) is 8.42 Å². The monoisotopic (exact) mass is 475 g/mol. The Hall–Kier alpha value is -3.07. The van der Waals surface area contributed by atoms with E-state index in [1.807, 2.05) is 42.5 Å². The van der Waals surface area contributed by atoms with Crippen molar-refractivity contribution in [1.29, 1.82) is 0 Å². The minimum atomic E-state index is -3.49. The molecule has 0 radical (unpaired) electrons. The third-order valence-electron chi connectivity index (χ3n) is 6.30. The maximum absolute atomic E-state index is 13.2. The van der Waals surface area contributed by atoms with Gasteiger partial charge in [-0.1, -0.05) is 43.7 Å². The quantitative estimate of drug-likeness (QED) is 0.406. The summed E-state index contributed by atoms with van der Waals surface area (Å²) >= 11 is 0. The zero-order valence-corrected chi connectivity index (χ0v) is 20.2. The van der Waals surface area contributed by atoms with Crippen molar-refractivity contribution in [2.45, 2.75) is 31.2 Å². The molecular weight excluding hydrogens is 446 g/mol. The van der Waals surface area contributed by atoms with Gasteiger partial charge in [-0.3, -0.25) is 9.47 Å². The van der Waals surface area contributed by atoms with Gasteiger partial charge < -0.3 is 0 Å². The predicted octanol–water partition coefficient (Wildman–Crippen LogP) is 3.88. The first kappa shape index (κ1) is 22.7. The zero-order valence-electron chi connectivity index (χ0n) is 19.3. The molecule has 0 aliphatic carbocycles. The summed E-state index contributed by atoms with van der Waals surface area (Å²) in [6.07, 6.45) is 3.79. The fourth-order valence-electron chi connectivity index (χ4n) is 4.51. The van der Waals surface area contributed by atoms with Crippen LogP contribution in [0.15, 0.2) is 77.8 Å². The summed E-state index contributed by atoms with van der Waals surface area (Å²) in [5, 5.41) is 0. The van der Waals surface area contributed by atoms with Crippen LogP contribution in [0, 0.1) is 0 Å².